The van der Waals surface area contributed by atoms with Gasteiger partial charge in [0.05, 0.1) is 13.2 Å². The summed E-state index contributed by atoms with van der Waals surface area (Å²) in [5.41, 5.74) is 8.41. The standard InChI is InChI=1S/C33H35N5O6/c1-24-22-25(10-11-29(24)40)23-30(31(41)35-16-7-3-2-6-15-34-17-21-39)44-33(43)37-18-13-27(14-19-37)38-20-12-26-8-4-5-9-28(26)36-32(38)42/h2-5,8-11,22,27,30,39-40H,12-14,17-21,23H2,1H3,(H,36,42)/t30-/m1/s1. The molecule has 2 aliphatic heterocycles. The molecule has 11 heteroatoms. The van der Waals surface area contributed by atoms with Gasteiger partial charge in [-0.25, -0.2) is 14.6 Å². The molecule has 2 aliphatic rings. The molecule has 0 radical (unpaired) electrons. The number of aryl methyl sites for hydroxylation is 1. The number of rotatable bonds is 8. The first-order valence-corrected chi connectivity index (χ1v) is 14.4. The molecular weight excluding hydrogens is 562 g/mol. The largest absolute Gasteiger partial charge is 0.508 e. The number of aliphatic hydroxyl groups excluding tert-OH is 1. The fourth-order valence-electron chi connectivity index (χ4n) is 5.00. The Balaban J connectivity index is 1.40. The third-order valence-corrected chi connectivity index (χ3v) is 7.34. The maximum atomic E-state index is 13.2. The molecule has 0 aromatic heterocycles. The Morgan fingerprint density at radius 1 is 1.11 bits per heavy atom. The maximum Gasteiger partial charge on any atom is 0.410 e. The van der Waals surface area contributed by atoms with Crippen molar-refractivity contribution < 1.29 is 29.3 Å². The van der Waals surface area contributed by atoms with Gasteiger partial charge in [-0.2, -0.15) is 4.99 Å². The molecule has 1 atom stereocenters. The molecule has 4 amide bonds. The SMILES string of the molecule is Cc1cc(C[C@@H](OC(=O)N2CCC(N3CCc4ccccc4NC3=O)CC2)C(=O)N=C=C=CC=C=C=NCCO)ccc1O. The summed E-state index contributed by atoms with van der Waals surface area (Å²) in [5, 5.41) is 21.6. The lowest BCUT2D eigenvalue weighted by atomic mass is 10.0. The molecule has 0 unspecified atom stereocenters. The Hall–Kier alpha value is -5.13. The van der Waals surface area contributed by atoms with E-state index in [9.17, 15) is 19.5 Å². The number of amides is 4. The van der Waals surface area contributed by atoms with Crippen molar-refractivity contribution in [1.29, 1.82) is 0 Å². The Morgan fingerprint density at radius 2 is 1.86 bits per heavy atom. The van der Waals surface area contributed by atoms with Crippen molar-refractivity contribution >= 4 is 35.5 Å². The molecular formula is C33H35N5O6. The number of carbonyl (C=O) groups is 3. The number of phenolic OH excluding ortho intramolecular Hbond substituents is 1. The number of urea groups is 1. The van der Waals surface area contributed by atoms with E-state index in [-0.39, 0.29) is 37.4 Å². The van der Waals surface area contributed by atoms with Crippen LogP contribution in [0.1, 0.15) is 29.5 Å². The molecule has 0 bridgehead atoms. The summed E-state index contributed by atoms with van der Waals surface area (Å²) in [5.74, 6) is 4.28. The molecule has 2 aromatic carbocycles. The summed E-state index contributed by atoms with van der Waals surface area (Å²) < 4.78 is 5.67. The lowest BCUT2D eigenvalue weighted by Crippen LogP contribution is -2.50. The van der Waals surface area contributed by atoms with Gasteiger partial charge in [0.15, 0.2) is 6.10 Å². The number of benzene rings is 2. The van der Waals surface area contributed by atoms with Crippen LogP contribution in [-0.2, 0) is 22.4 Å². The molecule has 0 aliphatic carbocycles. The minimum atomic E-state index is -1.23. The number of aromatic hydroxyl groups is 1. The van der Waals surface area contributed by atoms with Crippen molar-refractivity contribution in [3.63, 3.8) is 0 Å². The van der Waals surface area contributed by atoms with E-state index in [1.54, 1.807) is 19.1 Å². The summed E-state index contributed by atoms with van der Waals surface area (Å²) in [7, 11) is 0. The number of anilines is 1. The van der Waals surface area contributed by atoms with Crippen molar-refractivity contribution in [3.05, 3.63) is 82.8 Å². The molecule has 0 saturated carbocycles. The number of ether oxygens (including phenoxy) is 1. The van der Waals surface area contributed by atoms with Crippen molar-refractivity contribution in [2.75, 3.05) is 38.1 Å². The van der Waals surface area contributed by atoms with E-state index in [1.165, 1.54) is 23.1 Å². The zero-order valence-electron chi connectivity index (χ0n) is 24.5. The number of piperidine rings is 1. The second kappa shape index (κ2) is 15.9. The van der Waals surface area contributed by atoms with Crippen molar-refractivity contribution in [1.82, 2.24) is 9.80 Å². The van der Waals surface area contributed by atoms with E-state index < -0.39 is 18.1 Å². The van der Waals surface area contributed by atoms with Gasteiger partial charge in [0.25, 0.3) is 5.91 Å². The summed E-state index contributed by atoms with van der Waals surface area (Å²) >= 11 is 0. The Labute approximate surface area is 255 Å². The number of aliphatic hydroxyl groups is 1. The highest BCUT2D eigenvalue weighted by Crippen LogP contribution is 2.25. The average molecular weight is 598 g/mol. The van der Waals surface area contributed by atoms with Gasteiger partial charge < -0.3 is 30.1 Å². The van der Waals surface area contributed by atoms with Crippen molar-refractivity contribution in [3.8, 4) is 5.75 Å². The number of hydrogen-bond donors (Lipinski definition) is 3. The highest BCUT2D eigenvalue weighted by atomic mass is 16.6. The summed E-state index contributed by atoms with van der Waals surface area (Å²) in [6.07, 6.45) is 2.91. The first-order valence-electron chi connectivity index (χ1n) is 14.4. The van der Waals surface area contributed by atoms with Crippen LogP contribution in [0.25, 0.3) is 0 Å². The van der Waals surface area contributed by atoms with E-state index in [0.717, 1.165) is 17.7 Å². The smallest absolute Gasteiger partial charge is 0.410 e. The van der Waals surface area contributed by atoms with E-state index in [2.05, 4.69) is 38.5 Å². The van der Waals surface area contributed by atoms with Crippen LogP contribution in [0.3, 0.4) is 0 Å². The van der Waals surface area contributed by atoms with Gasteiger partial charge in [-0.3, -0.25) is 4.79 Å². The van der Waals surface area contributed by atoms with Gasteiger partial charge in [-0.05, 0) is 78.6 Å². The number of para-hydroxylation sites is 1. The third-order valence-electron chi connectivity index (χ3n) is 7.34. The van der Waals surface area contributed by atoms with Gasteiger partial charge in [0.1, 0.15) is 5.75 Å². The predicted molar refractivity (Wildman–Crippen MR) is 165 cm³/mol. The number of fused-ring (bicyclic) bond motifs is 1. The van der Waals surface area contributed by atoms with Gasteiger partial charge in [-0.1, -0.05) is 30.3 Å². The molecule has 4 rings (SSSR count). The van der Waals surface area contributed by atoms with Gasteiger partial charge in [0.2, 0.25) is 0 Å². The molecule has 2 aromatic rings. The first-order chi connectivity index (χ1) is 21.4. The molecule has 1 saturated heterocycles. The van der Waals surface area contributed by atoms with E-state index in [1.807, 2.05) is 29.2 Å². The highest BCUT2D eigenvalue weighted by molar-refractivity contribution is 5.91. The second-order valence-corrected chi connectivity index (χ2v) is 10.3. The van der Waals surface area contributed by atoms with Crippen molar-refractivity contribution in [2.24, 2.45) is 9.98 Å². The second-order valence-electron chi connectivity index (χ2n) is 10.3. The van der Waals surface area contributed by atoms with Crippen LogP contribution in [0, 0.1) is 6.92 Å². The number of allylic oxidation sites excluding steroid dienone is 2. The number of nitrogens with one attached hydrogen (secondary N) is 1. The lowest BCUT2D eigenvalue weighted by molar-refractivity contribution is -0.126. The average Bonchev–Trinajstić information content (AvgIpc) is 3.19. The van der Waals surface area contributed by atoms with Gasteiger partial charge in [0, 0.05) is 49.5 Å². The van der Waals surface area contributed by atoms with Crippen LogP contribution in [-0.4, -0.2) is 94.7 Å². The zero-order chi connectivity index (χ0) is 31.3. The van der Waals surface area contributed by atoms with Crippen LogP contribution in [0.4, 0.5) is 15.3 Å². The number of hydrogen-bond acceptors (Lipinski definition) is 7. The van der Waals surface area contributed by atoms with E-state index in [0.29, 0.717) is 43.6 Å². The topological polar surface area (TPSA) is 144 Å². The van der Waals surface area contributed by atoms with Crippen LogP contribution < -0.4 is 5.32 Å². The quantitative estimate of drug-likeness (QED) is 0.241. The lowest BCUT2D eigenvalue weighted by Gasteiger charge is -2.37. The highest BCUT2D eigenvalue weighted by Gasteiger charge is 2.33. The monoisotopic (exact) mass is 597 g/mol. The molecule has 2 heterocycles. The van der Waals surface area contributed by atoms with E-state index in [4.69, 9.17) is 9.84 Å². The molecule has 1 fully saturated rings. The molecule has 11 nitrogen and oxygen atoms in total. The summed E-state index contributed by atoms with van der Waals surface area (Å²) in [6, 6.07) is 12.5. The van der Waals surface area contributed by atoms with Crippen LogP contribution >= 0.6 is 0 Å². The number of carbonyl (C=O) groups excluding carboxylic acids is 3. The number of phenols is 1. The molecule has 44 heavy (non-hydrogen) atoms. The summed E-state index contributed by atoms with van der Waals surface area (Å²) in [6.45, 7) is 3.20. The maximum absolute atomic E-state index is 13.2. The normalized spacial score (nSPS) is 15.1. The minimum absolute atomic E-state index is 0.0304. The van der Waals surface area contributed by atoms with Gasteiger partial charge >= 0.3 is 12.1 Å². The first kappa shape index (κ1) is 31.8. The fraction of sp³-hybridized carbons (Fsp3) is 0.364. The van der Waals surface area contributed by atoms with Gasteiger partial charge in [-0.15, -0.1) is 0 Å². The molecule has 228 valence electrons. The number of aliphatic imine (C=N–C) groups is 2. The zero-order valence-corrected chi connectivity index (χ0v) is 24.5. The van der Waals surface area contributed by atoms with Crippen LogP contribution in [0.2, 0.25) is 0 Å². The minimum Gasteiger partial charge on any atom is -0.508 e. The number of likely N-dealkylation sites (tertiary alicyclic amines) is 1. The Kier molecular flexibility index (Phi) is 11.5. The van der Waals surface area contributed by atoms with E-state index >= 15 is 0 Å². The fourth-order valence-corrected chi connectivity index (χ4v) is 5.00. The van der Waals surface area contributed by atoms with Crippen LogP contribution in [0.5, 0.6) is 5.75 Å². The Morgan fingerprint density at radius 3 is 2.61 bits per heavy atom. The third kappa shape index (κ3) is 8.93. The Bertz CT molecular complexity index is 1570. The number of nitrogens with zero attached hydrogens (tertiary/aromatic N) is 4. The molecule has 0 spiro atoms. The van der Waals surface area contributed by atoms with Crippen LogP contribution in [0.15, 0.2) is 76.1 Å². The van der Waals surface area contributed by atoms with Crippen molar-refractivity contribution in [2.45, 2.75) is 44.8 Å². The summed E-state index contributed by atoms with van der Waals surface area (Å²) in [4.78, 5) is 50.0. The molecule has 3 N–H and O–H groups in total. The predicted octanol–water partition coefficient (Wildman–Crippen LogP) is 3.58.